The molecule has 1 aliphatic rings. The van der Waals surface area contributed by atoms with E-state index in [1.807, 2.05) is 31.2 Å². The predicted octanol–water partition coefficient (Wildman–Crippen LogP) is 2.63. The molecule has 1 N–H and O–H groups in total. The first-order valence-corrected chi connectivity index (χ1v) is 8.85. The van der Waals surface area contributed by atoms with Gasteiger partial charge in [0.25, 0.3) is 17.5 Å². The third kappa shape index (κ3) is 3.48. The van der Waals surface area contributed by atoms with Gasteiger partial charge < -0.3 is 5.32 Å². The first kappa shape index (κ1) is 19.2. The van der Waals surface area contributed by atoms with Gasteiger partial charge in [0.1, 0.15) is 12.1 Å². The van der Waals surface area contributed by atoms with Gasteiger partial charge in [-0.05, 0) is 30.5 Å². The van der Waals surface area contributed by atoms with Gasteiger partial charge >= 0.3 is 0 Å². The van der Waals surface area contributed by atoms with Crippen molar-refractivity contribution in [3.05, 3.63) is 74.8 Å². The minimum absolute atomic E-state index is 0.0600. The Hall–Kier alpha value is -3.55. The summed E-state index contributed by atoms with van der Waals surface area (Å²) in [4.78, 5) is 48.5. The van der Waals surface area contributed by atoms with Gasteiger partial charge in [0.2, 0.25) is 5.91 Å². The van der Waals surface area contributed by atoms with Crippen molar-refractivity contribution >= 4 is 23.4 Å². The molecule has 0 fully saturated rings. The first-order chi connectivity index (χ1) is 13.3. The fourth-order valence-corrected chi connectivity index (χ4v) is 3.17. The molecule has 144 valence electrons. The summed E-state index contributed by atoms with van der Waals surface area (Å²) in [6.45, 7) is 3.35. The highest BCUT2D eigenvalue weighted by Gasteiger charge is 2.41. The summed E-state index contributed by atoms with van der Waals surface area (Å²) in [6.07, 6.45) is 0.910. The number of aryl methyl sites for hydroxylation is 1. The van der Waals surface area contributed by atoms with Gasteiger partial charge in [0.05, 0.1) is 16.5 Å². The molecule has 2 aromatic carbocycles. The number of hydrogen-bond donors (Lipinski definition) is 1. The number of rotatable bonds is 6. The number of carbonyl (C=O) groups is 3. The van der Waals surface area contributed by atoms with E-state index >= 15 is 0 Å². The molecular weight excluding hydrogens is 362 g/mol. The molecule has 0 spiro atoms. The van der Waals surface area contributed by atoms with E-state index in [1.165, 1.54) is 17.7 Å². The molecule has 0 aliphatic carbocycles. The van der Waals surface area contributed by atoms with Crippen molar-refractivity contribution in [2.45, 2.75) is 26.3 Å². The van der Waals surface area contributed by atoms with E-state index in [0.717, 1.165) is 23.0 Å². The smallest absolute Gasteiger partial charge is 0.282 e. The van der Waals surface area contributed by atoms with Crippen molar-refractivity contribution in [3.8, 4) is 0 Å². The number of nitrogens with one attached hydrogen (secondary N) is 1. The lowest BCUT2D eigenvalue weighted by atomic mass is 10.1. The van der Waals surface area contributed by atoms with Gasteiger partial charge in [0, 0.05) is 6.07 Å². The maximum atomic E-state index is 12.5. The molecule has 0 bridgehead atoms. The number of amides is 3. The topological polar surface area (TPSA) is 110 Å². The highest BCUT2D eigenvalue weighted by atomic mass is 16.6. The third-order valence-corrected chi connectivity index (χ3v) is 4.74. The van der Waals surface area contributed by atoms with Crippen molar-refractivity contribution in [2.75, 3.05) is 6.54 Å². The Morgan fingerprint density at radius 3 is 2.43 bits per heavy atom. The molecule has 0 saturated carbocycles. The minimum atomic E-state index is -0.831. The van der Waals surface area contributed by atoms with Crippen molar-refractivity contribution in [1.82, 2.24) is 10.2 Å². The Bertz CT molecular complexity index is 968. The van der Waals surface area contributed by atoms with Crippen LogP contribution >= 0.6 is 0 Å². The third-order valence-electron chi connectivity index (χ3n) is 4.74. The highest BCUT2D eigenvalue weighted by Crippen LogP contribution is 2.30. The lowest BCUT2D eigenvalue weighted by Crippen LogP contribution is -2.41. The van der Waals surface area contributed by atoms with E-state index in [4.69, 9.17) is 0 Å². The van der Waals surface area contributed by atoms with E-state index in [1.54, 1.807) is 6.92 Å². The summed E-state index contributed by atoms with van der Waals surface area (Å²) in [7, 11) is 0. The van der Waals surface area contributed by atoms with E-state index in [9.17, 15) is 24.5 Å². The molecule has 0 aromatic heterocycles. The molecule has 8 heteroatoms. The van der Waals surface area contributed by atoms with E-state index in [0.29, 0.717) is 0 Å². The summed E-state index contributed by atoms with van der Waals surface area (Å²) < 4.78 is 0. The van der Waals surface area contributed by atoms with Crippen LogP contribution in [0, 0.1) is 10.1 Å². The Morgan fingerprint density at radius 2 is 1.82 bits per heavy atom. The Kier molecular flexibility index (Phi) is 5.21. The van der Waals surface area contributed by atoms with Crippen molar-refractivity contribution < 1.29 is 19.3 Å². The van der Waals surface area contributed by atoms with Crippen molar-refractivity contribution in [3.63, 3.8) is 0 Å². The zero-order valence-corrected chi connectivity index (χ0v) is 15.5. The van der Waals surface area contributed by atoms with Gasteiger partial charge in [-0.1, -0.05) is 37.3 Å². The van der Waals surface area contributed by atoms with Crippen molar-refractivity contribution in [1.29, 1.82) is 0 Å². The van der Waals surface area contributed by atoms with Gasteiger partial charge in [0.15, 0.2) is 0 Å². The zero-order valence-electron chi connectivity index (χ0n) is 15.5. The number of fused-ring (bicyclic) bond motifs is 1. The number of imide groups is 1. The van der Waals surface area contributed by atoms with Crippen LogP contribution in [0.2, 0.25) is 0 Å². The SMILES string of the molecule is CCc1ccc(C(C)NC(=O)CN2C(=O)c3cccc([N+](=O)[O-])c3C2=O)cc1. The van der Waals surface area contributed by atoms with Crippen LogP contribution in [0.25, 0.3) is 0 Å². The molecule has 2 aromatic rings. The van der Waals surface area contributed by atoms with Crippen LogP contribution in [0.3, 0.4) is 0 Å². The first-order valence-electron chi connectivity index (χ1n) is 8.85. The van der Waals surface area contributed by atoms with Crippen LogP contribution in [0.5, 0.6) is 0 Å². The standard InChI is InChI=1S/C20H19N3O5/c1-3-13-7-9-14(10-8-13)12(2)21-17(24)11-22-19(25)15-5-4-6-16(23(27)28)18(15)20(22)26/h4-10,12H,3,11H2,1-2H3,(H,21,24). The average molecular weight is 381 g/mol. The average Bonchev–Trinajstić information content (AvgIpc) is 2.92. The fourth-order valence-electron chi connectivity index (χ4n) is 3.17. The Morgan fingerprint density at radius 1 is 1.14 bits per heavy atom. The second kappa shape index (κ2) is 7.59. The van der Waals surface area contributed by atoms with E-state index in [-0.39, 0.29) is 17.2 Å². The Balaban J connectivity index is 1.72. The number of carbonyl (C=O) groups excluding carboxylic acids is 3. The molecule has 28 heavy (non-hydrogen) atoms. The largest absolute Gasteiger partial charge is 0.348 e. The molecule has 8 nitrogen and oxygen atoms in total. The lowest BCUT2D eigenvalue weighted by Gasteiger charge is -2.18. The molecule has 3 rings (SSSR count). The van der Waals surface area contributed by atoms with Crippen LogP contribution in [0.15, 0.2) is 42.5 Å². The van der Waals surface area contributed by atoms with Gasteiger partial charge in [-0.2, -0.15) is 0 Å². The molecule has 1 aliphatic heterocycles. The number of nitro benzene ring substituents is 1. The quantitative estimate of drug-likeness (QED) is 0.470. The number of nitro groups is 1. The van der Waals surface area contributed by atoms with Crippen molar-refractivity contribution in [2.24, 2.45) is 0 Å². The van der Waals surface area contributed by atoms with Gasteiger partial charge in [-0.3, -0.25) is 29.4 Å². The molecule has 3 amide bonds. The summed E-state index contributed by atoms with van der Waals surface area (Å²) in [5, 5.41) is 13.9. The summed E-state index contributed by atoms with van der Waals surface area (Å²) in [6, 6.07) is 11.3. The second-order valence-corrected chi connectivity index (χ2v) is 6.54. The maximum Gasteiger partial charge on any atom is 0.282 e. The monoisotopic (exact) mass is 381 g/mol. The van der Waals surface area contributed by atoms with Crippen LogP contribution in [0.4, 0.5) is 5.69 Å². The van der Waals surface area contributed by atoms with E-state index < -0.39 is 34.9 Å². The van der Waals surface area contributed by atoms with Gasteiger partial charge in [-0.25, -0.2) is 0 Å². The Labute approximate surface area is 161 Å². The van der Waals surface area contributed by atoms with Crippen LogP contribution in [0.1, 0.15) is 51.7 Å². The maximum absolute atomic E-state index is 12.5. The molecule has 1 unspecified atom stereocenters. The van der Waals surface area contributed by atoms with Crippen LogP contribution in [-0.4, -0.2) is 34.1 Å². The molecule has 0 saturated heterocycles. The minimum Gasteiger partial charge on any atom is -0.348 e. The van der Waals surface area contributed by atoms with Crippen LogP contribution in [-0.2, 0) is 11.2 Å². The summed E-state index contributed by atoms with van der Waals surface area (Å²) in [5.74, 6) is -2.06. The second-order valence-electron chi connectivity index (χ2n) is 6.54. The molecule has 1 heterocycles. The number of hydrogen-bond acceptors (Lipinski definition) is 5. The number of nitrogens with zero attached hydrogens (tertiary/aromatic N) is 2. The summed E-state index contributed by atoms with van der Waals surface area (Å²) >= 11 is 0. The molecular formula is C20H19N3O5. The molecule has 1 atom stereocenters. The highest BCUT2D eigenvalue weighted by molar-refractivity contribution is 6.24. The lowest BCUT2D eigenvalue weighted by molar-refractivity contribution is -0.385. The van der Waals surface area contributed by atoms with E-state index in [2.05, 4.69) is 5.32 Å². The number of benzene rings is 2. The fraction of sp³-hybridized carbons (Fsp3) is 0.250. The summed E-state index contributed by atoms with van der Waals surface area (Å²) in [5.41, 5.74) is 1.30. The zero-order chi connectivity index (χ0) is 20.4. The van der Waals surface area contributed by atoms with Gasteiger partial charge in [-0.15, -0.1) is 0 Å². The van der Waals surface area contributed by atoms with Crippen LogP contribution < -0.4 is 5.32 Å². The predicted molar refractivity (Wildman–Crippen MR) is 101 cm³/mol. The molecule has 0 radical (unpaired) electrons. The normalized spacial score (nSPS) is 14.0.